The van der Waals surface area contributed by atoms with Gasteiger partial charge in [0.25, 0.3) is 5.91 Å². The number of nitrogens with zero attached hydrogens (tertiary/aromatic N) is 1. The molecule has 1 aromatic rings. The molecule has 23 heavy (non-hydrogen) atoms. The monoisotopic (exact) mass is 320 g/mol. The summed E-state index contributed by atoms with van der Waals surface area (Å²) >= 11 is 0. The summed E-state index contributed by atoms with van der Waals surface area (Å²) in [5.74, 6) is -1.03. The zero-order chi connectivity index (χ0) is 17.2. The Kier molecular flexibility index (Phi) is 7.80. The van der Waals surface area contributed by atoms with Crippen LogP contribution in [0.25, 0.3) is 0 Å². The molecule has 0 fully saturated rings. The Morgan fingerprint density at radius 1 is 1.00 bits per heavy atom. The second-order valence-corrected chi connectivity index (χ2v) is 5.20. The van der Waals surface area contributed by atoms with E-state index in [0.717, 1.165) is 0 Å². The number of carbonyl (C=O) groups excluding carboxylic acids is 2. The summed E-state index contributed by atoms with van der Waals surface area (Å²) in [6.07, 6.45) is 1.39. The van der Waals surface area contributed by atoms with Crippen molar-refractivity contribution in [1.82, 2.24) is 4.90 Å². The highest BCUT2D eigenvalue weighted by atomic mass is 16.4. The Bertz CT molecular complexity index is 536. The maximum absolute atomic E-state index is 12.2. The summed E-state index contributed by atoms with van der Waals surface area (Å²) in [4.78, 5) is 36.0. The summed E-state index contributed by atoms with van der Waals surface area (Å²) < 4.78 is 0. The number of carboxylic acid groups (broad SMARTS) is 1. The Morgan fingerprint density at radius 2 is 1.57 bits per heavy atom. The SMILES string of the molecule is CCN(CC)C(=O)c1ccc(NC(=O)CCCCC(=O)O)cc1. The lowest BCUT2D eigenvalue weighted by Crippen LogP contribution is -2.30. The molecule has 0 spiro atoms. The predicted molar refractivity (Wildman–Crippen MR) is 88.4 cm³/mol. The quantitative estimate of drug-likeness (QED) is 0.685. The number of unbranched alkanes of at least 4 members (excludes halogenated alkanes) is 1. The van der Waals surface area contributed by atoms with Gasteiger partial charge in [0, 0.05) is 37.2 Å². The number of carboxylic acids is 1. The van der Waals surface area contributed by atoms with Crippen molar-refractivity contribution in [3.63, 3.8) is 0 Å². The van der Waals surface area contributed by atoms with Gasteiger partial charge in [-0.2, -0.15) is 0 Å². The molecule has 0 saturated carbocycles. The average Bonchev–Trinajstić information content (AvgIpc) is 2.53. The topological polar surface area (TPSA) is 86.7 Å². The third-order valence-electron chi connectivity index (χ3n) is 3.51. The van der Waals surface area contributed by atoms with Crippen molar-refractivity contribution in [2.75, 3.05) is 18.4 Å². The lowest BCUT2D eigenvalue weighted by molar-refractivity contribution is -0.137. The number of aliphatic carboxylic acids is 1. The number of carbonyl (C=O) groups is 3. The molecule has 0 aromatic heterocycles. The van der Waals surface area contributed by atoms with E-state index in [1.54, 1.807) is 29.2 Å². The van der Waals surface area contributed by atoms with Gasteiger partial charge in [0.05, 0.1) is 0 Å². The summed E-state index contributed by atoms with van der Waals surface area (Å²) in [6, 6.07) is 6.79. The van der Waals surface area contributed by atoms with Crippen LogP contribution in [0.3, 0.4) is 0 Å². The summed E-state index contributed by atoms with van der Waals surface area (Å²) in [5, 5.41) is 11.3. The van der Waals surface area contributed by atoms with E-state index >= 15 is 0 Å². The Balaban J connectivity index is 2.49. The highest BCUT2D eigenvalue weighted by molar-refractivity contribution is 5.95. The number of amides is 2. The van der Waals surface area contributed by atoms with Gasteiger partial charge in [0.15, 0.2) is 0 Å². The Labute approximate surface area is 136 Å². The first-order chi connectivity index (χ1) is 11.0. The largest absolute Gasteiger partial charge is 0.481 e. The van der Waals surface area contributed by atoms with Crippen LogP contribution >= 0.6 is 0 Å². The normalized spacial score (nSPS) is 10.2. The Morgan fingerprint density at radius 3 is 2.09 bits per heavy atom. The molecule has 0 aliphatic rings. The highest BCUT2D eigenvalue weighted by Crippen LogP contribution is 2.12. The molecule has 1 aromatic carbocycles. The molecule has 0 aliphatic carbocycles. The predicted octanol–water partition coefficient (Wildman–Crippen LogP) is 2.75. The molecule has 0 bridgehead atoms. The molecule has 126 valence electrons. The zero-order valence-electron chi connectivity index (χ0n) is 13.7. The molecule has 0 radical (unpaired) electrons. The van der Waals surface area contributed by atoms with Gasteiger partial charge < -0.3 is 15.3 Å². The van der Waals surface area contributed by atoms with Gasteiger partial charge in [-0.15, -0.1) is 0 Å². The molecule has 0 atom stereocenters. The van der Waals surface area contributed by atoms with E-state index in [2.05, 4.69) is 5.32 Å². The van der Waals surface area contributed by atoms with Gasteiger partial charge >= 0.3 is 5.97 Å². The molecule has 0 unspecified atom stereocenters. The standard InChI is InChI=1S/C17H24N2O4/c1-3-19(4-2)17(23)13-9-11-14(12-10-13)18-15(20)7-5-6-8-16(21)22/h9-12H,3-8H2,1-2H3,(H,18,20)(H,21,22). The second-order valence-electron chi connectivity index (χ2n) is 5.20. The minimum absolute atomic E-state index is 0.0263. The van der Waals surface area contributed by atoms with Crippen LogP contribution in [0, 0.1) is 0 Å². The molecule has 0 heterocycles. The minimum atomic E-state index is -0.848. The van der Waals surface area contributed by atoms with Crippen molar-refractivity contribution in [3.05, 3.63) is 29.8 Å². The van der Waals surface area contributed by atoms with Crippen LogP contribution in [0.1, 0.15) is 49.9 Å². The fourth-order valence-corrected chi connectivity index (χ4v) is 2.17. The van der Waals surface area contributed by atoms with Crippen LogP contribution in [0.15, 0.2) is 24.3 Å². The molecule has 6 nitrogen and oxygen atoms in total. The van der Waals surface area contributed by atoms with E-state index < -0.39 is 5.97 Å². The van der Waals surface area contributed by atoms with E-state index in [1.165, 1.54) is 0 Å². The van der Waals surface area contributed by atoms with E-state index in [-0.39, 0.29) is 24.7 Å². The number of hydrogen-bond donors (Lipinski definition) is 2. The number of hydrogen-bond acceptors (Lipinski definition) is 3. The fourth-order valence-electron chi connectivity index (χ4n) is 2.17. The number of rotatable bonds is 9. The molecular weight excluding hydrogens is 296 g/mol. The van der Waals surface area contributed by atoms with Gasteiger partial charge in [-0.05, 0) is 51.0 Å². The van der Waals surface area contributed by atoms with Crippen molar-refractivity contribution in [3.8, 4) is 0 Å². The lowest BCUT2D eigenvalue weighted by Gasteiger charge is -2.18. The molecule has 1 rings (SSSR count). The summed E-state index contributed by atoms with van der Waals surface area (Å²) in [6.45, 7) is 5.18. The van der Waals surface area contributed by atoms with Crippen LogP contribution in [0.5, 0.6) is 0 Å². The van der Waals surface area contributed by atoms with Crippen molar-refractivity contribution in [1.29, 1.82) is 0 Å². The van der Waals surface area contributed by atoms with Gasteiger partial charge in [-0.1, -0.05) is 0 Å². The van der Waals surface area contributed by atoms with Crippen molar-refractivity contribution >= 4 is 23.5 Å². The maximum atomic E-state index is 12.2. The molecule has 0 saturated heterocycles. The van der Waals surface area contributed by atoms with Gasteiger partial charge in [0.2, 0.25) is 5.91 Å². The van der Waals surface area contributed by atoms with E-state index in [1.807, 2.05) is 13.8 Å². The van der Waals surface area contributed by atoms with Crippen LogP contribution in [0.2, 0.25) is 0 Å². The zero-order valence-corrected chi connectivity index (χ0v) is 13.7. The molecular formula is C17H24N2O4. The van der Waals surface area contributed by atoms with Gasteiger partial charge in [0.1, 0.15) is 0 Å². The molecule has 2 N–H and O–H groups in total. The smallest absolute Gasteiger partial charge is 0.303 e. The first-order valence-electron chi connectivity index (χ1n) is 7.88. The number of nitrogens with one attached hydrogen (secondary N) is 1. The van der Waals surface area contributed by atoms with Crippen LogP contribution in [0.4, 0.5) is 5.69 Å². The van der Waals surface area contributed by atoms with Crippen LogP contribution in [-0.4, -0.2) is 40.9 Å². The summed E-state index contributed by atoms with van der Waals surface area (Å²) in [7, 11) is 0. The van der Waals surface area contributed by atoms with Crippen molar-refractivity contribution < 1.29 is 19.5 Å². The average molecular weight is 320 g/mol. The third kappa shape index (κ3) is 6.50. The maximum Gasteiger partial charge on any atom is 0.303 e. The molecule has 6 heteroatoms. The van der Waals surface area contributed by atoms with Gasteiger partial charge in [-0.25, -0.2) is 0 Å². The Hall–Kier alpha value is -2.37. The van der Waals surface area contributed by atoms with E-state index in [9.17, 15) is 14.4 Å². The molecule has 0 aliphatic heterocycles. The van der Waals surface area contributed by atoms with Crippen LogP contribution in [-0.2, 0) is 9.59 Å². The van der Waals surface area contributed by atoms with Crippen LogP contribution < -0.4 is 5.32 Å². The minimum Gasteiger partial charge on any atom is -0.481 e. The summed E-state index contributed by atoms with van der Waals surface area (Å²) in [5.41, 5.74) is 1.22. The second kappa shape index (κ2) is 9.61. The van der Waals surface area contributed by atoms with Gasteiger partial charge in [-0.3, -0.25) is 14.4 Å². The highest BCUT2D eigenvalue weighted by Gasteiger charge is 2.12. The lowest BCUT2D eigenvalue weighted by atomic mass is 10.1. The first-order valence-corrected chi connectivity index (χ1v) is 7.88. The first kappa shape index (κ1) is 18.7. The third-order valence-corrected chi connectivity index (χ3v) is 3.51. The van der Waals surface area contributed by atoms with Crippen molar-refractivity contribution in [2.24, 2.45) is 0 Å². The van der Waals surface area contributed by atoms with E-state index in [0.29, 0.717) is 37.2 Å². The number of anilines is 1. The fraction of sp³-hybridized carbons (Fsp3) is 0.471. The van der Waals surface area contributed by atoms with E-state index in [4.69, 9.17) is 5.11 Å². The van der Waals surface area contributed by atoms with Crippen molar-refractivity contribution in [2.45, 2.75) is 39.5 Å². The molecule has 2 amide bonds. The number of benzene rings is 1.